The predicted octanol–water partition coefficient (Wildman–Crippen LogP) is 2.91. The molecule has 0 bridgehead atoms. The molecule has 0 amide bonds. The second kappa shape index (κ2) is 5.44. The fraction of sp³-hybridized carbons (Fsp3) is 0.417. The van der Waals surface area contributed by atoms with Gasteiger partial charge in [-0.2, -0.15) is 0 Å². The molecule has 2 atom stereocenters. The maximum atomic E-state index is 10.9. The lowest BCUT2D eigenvalue weighted by Gasteiger charge is -2.14. The summed E-state index contributed by atoms with van der Waals surface area (Å²) in [4.78, 5) is 21.3. The minimum atomic E-state index is -0.810. The number of nitro benzene ring substituents is 1. The molecule has 2 N–H and O–H groups in total. The van der Waals surface area contributed by atoms with Crippen molar-refractivity contribution in [2.75, 3.05) is 5.32 Å². The van der Waals surface area contributed by atoms with E-state index in [4.69, 9.17) is 16.7 Å². The lowest BCUT2D eigenvalue weighted by molar-refractivity contribution is -0.384. The van der Waals surface area contributed by atoms with Gasteiger partial charge in [0.25, 0.3) is 5.69 Å². The van der Waals surface area contributed by atoms with Crippen molar-refractivity contribution in [2.24, 2.45) is 5.92 Å². The van der Waals surface area contributed by atoms with E-state index in [1.807, 2.05) is 0 Å². The standard InChI is InChI=1S/C12H13ClN2O4/c13-8-2-4-10(11(6-8)15(18)19)14-9-3-1-7(5-9)12(16)17/h2,4,6-7,9,14H,1,3,5H2,(H,16,17). The number of carbonyl (C=O) groups is 1. The van der Waals surface area contributed by atoms with Gasteiger partial charge in [0.05, 0.1) is 10.8 Å². The Balaban J connectivity index is 2.12. The number of nitrogens with one attached hydrogen (secondary N) is 1. The molecule has 19 heavy (non-hydrogen) atoms. The minimum absolute atomic E-state index is 0.0547. The van der Waals surface area contributed by atoms with Crippen molar-refractivity contribution in [3.63, 3.8) is 0 Å². The summed E-state index contributed by atoms with van der Waals surface area (Å²) < 4.78 is 0. The smallest absolute Gasteiger partial charge is 0.306 e. The van der Waals surface area contributed by atoms with Gasteiger partial charge in [0.1, 0.15) is 5.69 Å². The van der Waals surface area contributed by atoms with E-state index in [2.05, 4.69) is 5.32 Å². The molecule has 0 aliphatic heterocycles. The Morgan fingerprint density at radius 3 is 2.79 bits per heavy atom. The van der Waals surface area contributed by atoms with Gasteiger partial charge >= 0.3 is 5.97 Å². The molecule has 1 fully saturated rings. The highest BCUT2D eigenvalue weighted by molar-refractivity contribution is 6.30. The van der Waals surface area contributed by atoms with E-state index in [1.54, 1.807) is 12.1 Å². The van der Waals surface area contributed by atoms with E-state index in [1.165, 1.54) is 6.07 Å². The Morgan fingerprint density at radius 2 is 2.21 bits per heavy atom. The number of benzene rings is 1. The second-order valence-electron chi connectivity index (χ2n) is 4.61. The Kier molecular flexibility index (Phi) is 3.90. The number of anilines is 1. The summed E-state index contributed by atoms with van der Waals surface area (Å²) in [5.74, 6) is -1.18. The van der Waals surface area contributed by atoms with Crippen LogP contribution < -0.4 is 5.32 Å². The van der Waals surface area contributed by atoms with Crippen LogP contribution in [-0.4, -0.2) is 22.0 Å². The van der Waals surface area contributed by atoms with Crippen LogP contribution in [0.2, 0.25) is 5.02 Å². The molecule has 2 rings (SSSR count). The van der Waals surface area contributed by atoms with Crippen LogP contribution in [0.4, 0.5) is 11.4 Å². The van der Waals surface area contributed by atoms with Crippen LogP contribution in [0.3, 0.4) is 0 Å². The number of nitrogens with zero attached hydrogens (tertiary/aromatic N) is 1. The monoisotopic (exact) mass is 284 g/mol. The van der Waals surface area contributed by atoms with Crippen molar-refractivity contribution < 1.29 is 14.8 Å². The number of hydrogen-bond donors (Lipinski definition) is 2. The van der Waals surface area contributed by atoms with Crippen LogP contribution in [0.25, 0.3) is 0 Å². The number of aliphatic carboxylic acids is 1. The molecule has 1 aromatic carbocycles. The molecule has 6 nitrogen and oxygen atoms in total. The molecule has 2 unspecified atom stereocenters. The topological polar surface area (TPSA) is 92.5 Å². The molecule has 1 saturated carbocycles. The van der Waals surface area contributed by atoms with Gasteiger partial charge in [0.2, 0.25) is 0 Å². The summed E-state index contributed by atoms with van der Waals surface area (Å²) in [6, 6.07) is 4.35. The number of carboxylic acid groups (broad SMARTS) is 1. The van der Waals surface area contributed by atoms with Crippen molar-refractivity contribution >= 4 is 28.9 Å². The van der Waals surface area contributed by atoms with Crippen molar-refractivity contribution in [2.45, 2.75) is 25.3 Å². The molecule has 1 aliphatic carbocycles. The van der Waals surface area contributed by atoms with Gasteiger partial charge in [-0.25, -0.2) is 0 Å². The first kappa shape index (κ1) is 13.6. The van der Waals surface area contributed by atoms with E-state index in [0.29, 0.717) is 30.0 Å². The fourth-order valence-corrected chi connectivity index (χ4v) is 2.50. The van der Waals surface area contributed by atoms with Crippen molar-refractivity contribution in [1.29, 1.82) is 0 Å². The van der Waals surface area contributed by atoms with Gasteiger partial charge in [-0.1, -0.05) is 11.6 Å². The normalized spacial score (nSPS) is 22.2. The highest BCUT2D eigenvalue weighted by Crippen LogP contribution is 2.33. The highest BCUT2D eigenvalue weighted by atomic mass is 35.5. The average molecular weight is 285 g/mol. The molecule has 0 heterocycles. The van der Waals surface area contributed by atoms with Crippen LogP contribution in [0.5, 0.6) is 0 Å². The number of halogens is 1. The van der Waals surface area contributed by atoms with Crippen molar-refractivity contribution in [3.8, 4) is 0 Å². The van der Waals surface area contributed by atoms with Crippen LogP contribution in [0.1, 0.15) is 19.3 Å². The number of nitro groups is 1. The third kappa shape index (κ3) is 3.14. The maximum Gasteiger partial charge on any atom is 0.306 e. The lowest BCUT2D eigenvalue weighted by Crippen LogP contribution is -2.18. The van der Waals surface area contributed by atoms with E-state index in [-0.39, 0.29) is 17.6 Å². The first-order valence-corrected chi connectivity index (χ1v) is 6.28. The quantitative estimate of drug-likeness (QED) is 0.655. The molecule has 1 aromatic rings. The van der Waals surface area contributed by atoms with E-state index in [0.717, 1.165) is 0 Å². The van der Waals surface area contributed by atoms with Crippen LogP contribution in [0.15, 0.2) is 18.2 Å². The van der Waals surface area contributed by atoms with E-state index in [9.17, 15) is 14.9 Å². The second-order valence-corrected chi connectivity index (χ2v) is 5.04. The first-order valence-electron chi connectivity index (χ1n) is 5.90. The summed E-state index contributed by atoms with van der Waals surface area (Å²) in [7, 11) is 0. The van der Waals surface area contributed by atoms with Crippen LogP contribution >= 0.6 is 11.6 Å². The first-order chi connectivity index (χ1) is 8.97. The van der Waals surface area contributed by atoms with E-state index >= 15 is 0 Å². The highest BCUT2D eigenvalue weighted by Gasteiger charge is 2.30. The predicted molar refractivity (Wildman–Crippen MR) is 70.5 cm³/mol. The summed E-state index contributed by atoms with van der Waals surface area (Å²) in [5, 5.41) is 23.2. The zero-order chi connectivity index (χ0) is 14.0. The zero-order valence-electron chi connectivity index (χ0n) is 10.0. The summed E-state index contributed by atoms with van der Waals surface area (Å²) in [5.41, 5.74) is 0.289. The minimum Gasteiger partial charge on any atom is -0.481 e. The number of hydrogen-bond acceptors (Lipinski definition) is 4. The molecule has 102 valence electrons. The van der Waals surface area contributed by atoms with Gasteiger partial charge in [-0.15, -0.1) is 0 Å². The molecule has 0 saturated heterocycles. The Morgan fingerprint density at radius 1 is 1.47 bits per heavy atom. The van der Waals surface area contributed by atoms with Gasteiger partial charge < -0.3 is 10.4 Å². The Labute approximate surface area is 114 Å². The van der Waals surface area contributed by atoms with Gasteiger partial charge in [-0.3, -0.25) is 14.9 Å². The number of rotatable bonds is 4. The fourth-order valence-electron chi connectivity index (χ4n) is 2.33. The van der Waals surface area contributed by atoms with Gasteiger partial charge in [0, 0.05) is 17.1 Å². The van der Waals surface area contributed by atoms with Crippen molar-refractivity contribution in [3.05, 3.63) is 33.3 Å². The summed E-state index contributed by atoms with van der Waals surface area (Å²) >= 11 is 5.73. The largest absolute Gasteiger partial charge is 0.481 e. The van der Waals surface area contributed by atoms with Crippen LogP contribution in [-0.2, 0) is 4.79 Å². The van der Waals surface area contributed by atoms with E-state index < -0.39 is 10.9 Å². The third-order valence-corrected chi connectivity index (χ3v) is 3.53. The molecular formula is C12H13ClN2O4. The Bertz CT molecular complexity index is 520. The van der Waals surface area contributed by atoms with Crippen molar-refractivity contribution in [1.82, 2.24) is 0 Å². The number of carboxylic acids is 1. The molecule has 0 aromatic heterocycles. The average Bonchev–Trinajstić information content (AvgIpc) is 2.80. The summed E-state index contributed by atoms with van der Waals surface area (Å²) in [6.07, 6.45) is 1.76. The molecule has 0 spiro atoms. The van der Waals surface area contributed by atoms with Gasteiger partial charge in [-0.05, 0) is 31.4 Å². The summed E-state index contributed by atoms with van der Waals surface area (Å²) in [6.45, 7) is 0. The van der Waals surface area contributed by atoms with Crippen LogP contribution in [0, 0.1) is 16.0 Å². The molecule has 1 aliphatic rings. The zero-order valence-corrected chi connectivity index (χ0v) is 10.8. The lowest BCUT2D eigenvalue weighted by atomic mass is 10.1. The third-order valence-electron chi connectivity index (χ3n) is 3.30. The SMILES string of the molecule is O=C(O)C1CCC(Nc2ccc(Cl)cc2[N+](=O)[O-])C1. The molecular weight excluding hydrogens is 272 g/mol. The Hall–Kier alpha value is -1.82. The maximum absolute atomic E-state index is 10.9. The van der Waals surface area contributed by atoms with Gasteiger partial charge in [0.15, 0.2) is 0 Å². The molecule has 0 radical (unpaired) electrons. The molecule has 7 heteroatoms.